The van der Waals surface area contributed by atoms with E-state index in [1.165, 1.54) is 0 Å². The molecule has 0 saturated carbocycles. The average molecular weight is 335 g/mol. The Labute approximate surface area is 128 Å². The molecule has 1 aromatic heterocycles. The molecule has 1 rings (SSSR count). The first-order valence-electron chi connectivity index (χ1n) is 6.74. The second kappa shape index (κ2) is 9.03. The lowest BCUT2D eigenvalue weighted by Gasteiger charge is -2.02. The summed E-state index contributed by atoms with van der Waals surface area (Å²) in [6.45, 7) is 1.02. The summed E-state index contributed by atoms with van der Waals surface area (Å²) in [5.74, 6) is -0.192. The Morgan fingerprint density at radius 1 is 1.19 bits per heavy atom. The van der Waals surface area contributed by atoms with Gasteiger partial charge < -0.3 is 10.6 Å². The van der Waals surface area contributed by atoms with Crippen LogP contribution in [0.1, 0.15) is 38.5 Å². The van der Waals surface area contributed by atoms with Crippen molar-refractivity contribution in [3.63, 3.8) is 0 Å². The lowest BCUT2D eigenvalue weighted by atomic mass is 10.1. The predicted octanol–water partition coefficient (Wildman–Crippen LogP) is 0.684. The first-order valence-corrected chi connectivity index (χ1v) is 9.10. The van der Waals surface area contributed by atoms with E-state index >= 15 is 0 Å². The Balaban J connectivity index is 2.21. The quantitative estimate of drug-likeness (QED) is 0.426. The van der Waals surface area contributed by atoms with Gasteiger partial charge in [-0.25, -0.2) is 13.6 Å². The number of aromatic nitrogens is 2. The molecule has 0 aromatic carbocycles. The fourth-order valence-electron chi connectivity index (χ4n) is 1.67. The molecule has 120 valence electrons. The predicted molar refractivity (Wildman–Crippen MR) is 81.5 cm³/mol. The summed E-state index contributed by atoms with van der Waals surface area (Å²) in [6, 6.07) is 0. The van der Waals surface area contributed by atoms with E-state index in [9.17, 15) is 13.2 Å². The van der Waals surface area contributed by atoms with Gasteiger partial charge in [-0.2, -0.15) is 0 Å². The molecule has 8 nitrogen and oxygen atoms in total. The largest absolute Gasteiger partial charge is 0.320 e. The maximum atomic E-state index is 11.6. The number of unbranched alkanes of at least 4 members (excludes halogenated alkanes) is 4. The number of carbonyl (C=O) groups excluding carboxylic acids is 1. The first-order chi connectivity index (χ1) is 9.93. The van der Waals surface area contributed by atoms with Crippen LogP contribution < -0.4 is 15.8 Å². The molecule has 0 aliphatic carbocycles. The van der Waals surface area contributed by atoms with Crippen molar-refractivity contribution >= 4 is 32.4 Å². The molecule has 0 bridgehead atoms. The molecule has 0 atom stereocenters. The van der Waals surface area contributed by atoms with E-state index in [4.69, 9.17) is 5.14 Å². The van der Waals surface area contributed by atoms with Gasteiger partial charge in [0, 0.05) is 6.42 Å². The molecule has 1 amide bonds. The van der Waals surface area contributed by atoms with E-state index in [1.54, 1.807) is 0 Å². The lowest BCUT2D eigenvalue weighted by Crippen LogP contribution is -2.11. The third-order valence-electron chi connectivity index (χ3n) is 2.73. The van der Waals surface area contributed by atoms with Crippen LogP contribution >= 0.6 is 11.3 Å². The topological polar surface area (TPSA) is 127 Å². The molecule has 1 heterocycles. The highest BCUT2D eigenvalue weighted by Crippen LogP contribution is 2.18. The van der Waals surface area contributed by atoms with Gasteiger partial charge in [0.2, 0.25) is 15.4 Å². The van der Waals surface area contributed by atoms with E-state index < -0.39 is 10.0 Å². The minimum atomic E-state index is -3.86. The summed E-state index contributed by atoms with van der Waals surface area (Å²) in [7, 11) is -1.93. The van der Waals surface area contributed by atoms with Crippen molar-refractivity contribution in [3.8, 4) is 0 Å². The second-order valence-corrected chi connectivity index (χ2v) is 7.30. The molecule has 4 N–H and O–H groups in total. The van der Waals surface area contributed by atoms with Crippen LogP contribution in [-0.4, -0.2) is 38.1 Å². The minimum absolute atomic E-state index is 0.151. The third kappa shape index (κ3) is 7.46. The van der Waals surface area contributed by atoms with Crippen molar-refractivity contribution in [1.29, 1.82) is 0 Å². The van der Waals surface area contributed by atoms with Crippen LogP contribution in [0.4, 0.5) is 5.13 Å². The maximum absolute atomic E-state index is 11.6. The van der Waals surface area contributed by atoms with Crippen molar-refractivity contribution in [3.05, 3.63) is 0 Å². The Hall–Kier alpha value is -1.10. The van der Waals surface area contributed by atoms with Gasteiger partial charge in [0.15, 0.2) is 0 Å². The van der Waals surface area contributed by atoms with E-state index in [0.717, 1.165) is 50.0 Å². The van der Waals surface area contributed by atoms with Crippen LogP contribution in [0.3, 0.4) is 0 Å². The normalized spacial score (nSPS) is 11.5. The van der Waals surface area contributed by atoms with Crippen molar-refractivity contribution < 1.29 is 13.2 Å². The van der Waals surface area contributed by atoms with Gasteiger partial charge in [0.1, 0.15) is 0 Å². The zero-order chi connectivity index (χ0) is 15.7. The maximum Gasteiger partial charge on any atom is 0.267 e. The zero-order valence-corrected chi connectivity index (χ0v) is 13.6. The number of hydrogen-bond acceptors (Lipinski definition) is 7. The van der Waals surface area contributed by atoms with Gasteiger partial charge in [0.05, 0.1) is 0 Å². The smallest absolute Gasteiger partial charge is 0.267 e. The molecule has 0 aliphatic heterocycles. The van der Waals surface area contributed by atoms with Crippen LogP contribution in [0.5, 0.6) is 0 Å². The SMILES string of the molecule is CNCCCCCCCC(=O)Nc1nnc(S(N)(=O)=O)s1. The number of amides is 1. The number of hydrogen-bond donors (Lipinski definition) is 3. The standard InChI is InChI=1S/C11H21N5O3S2/c1-13-8-6-4-2-3-5-7-9(17)14-10-15-16-11(20-10)21(12,18)19/h13H,2-8H2,1H3,(H2,12,18,19)(H,14,15,17). The van der Waals surface area contributed by atoms with Crippen LogP contribution in [0.15, 0.2) is 4.34 Å². The Bertz CT molecular complexity index is 544. The molecule has 10 heteroatoms. The summed E-state index contributed by atoms with van der Waals surface area (Å²) in [4.78, 5) is 11.6. The first kappa shape index (κ1) is 18.0. The summed E-state index contributed by atoms with van der Waals surface area (Å²) < 4.78 is 21.7. The van der Waals surface area contributed by atoms with Gasteiger partial charge in [-0.15, -0.1) is 10.2 Å². The highest BCUT2D eigenvalue weighted by molar-refractivity contribution is 7.91. The molecule has 0 unspecified atom stereocenters. The lowest BCUT2D eigenvalue weighted by molar-refractivity contribution is -0.116. The number of nitrogens with one attached hydrogen (secondary N) is 2. The van der Waals surface area contributed by atoms with Crippen LogP contribution in [0.25, 0.3) is 0 Å². The molecule has 0 saturated heterocycles. The van der Waals surface area contributed by atoms with E-state index in [0.29, 0.717) is 6.42 Å². The van der Waals surface area contributed by atoms with Gasteiger partial charge in [-0.05, 0) is 26.4 Å². The summed E-state index contributed by atoms with van der Waals surface area (Å²) in [5.41, 5.74) is 0. The summed E-state index contributed by atoms with van der Waals surface area (Å²) in [6.07, 6.45) is 5.57. The second-order valence-electron chi connectivity index (χ2n) is 4.59. The molecule has 0 radical (unpaired) electrons. The molecular weight excluding hydrogens is 314 g/mol. The number of carbonyl (C=O) groups is 1. The molecular formula is C11H21N5O3S2. The van der Waals surface area contributed by atoms with Crippen molar-refractivity contribution in [2.75, 3.05) is 18.9 Å². The summed E-state index contributed by atoms with van der Waals surface area (Å²) in [5, 5.41) is 17.7. The van der Waals surface area contributed by atoms with E-state index in [-0.39, 0.29) is 15.4 Å². The Morgan fingerprint density at radius 2 is 1.86 bits per heavy atom. The monoisotopic (exact) mass is 335 g/mol. The highest BCUT2D eigenvalue weighted by Gasteiger charge is 2.16. The Kier molecular flexibility index (Phi) is 7.72. The van der Waals surface area contributed by atoms with Crippen molar-refractivity contribution in [2.45, 2.75) is 42.9 Å². The van der Waals surface area contributed by atoms with Gasteiger partial charge >= 0.3 is 0 Å². The Morgan fingerprint density at radius 3 is 2.48 bits per heavy atom. The number of primary sulfonamides is 1. The number of nitrogens with two attached hydrogens (primary N) is 1. The van der Waals surface area contributed by atoms with Crippen molar-refractivity contribution in [1.82, 2.24) is 15.5 Å². The fraction of sp³-hybridized carbons (Fsp3) is 0.727. The average Bonchev–Trinajstić information content (AvgIpc) is 2.86. The summed E-state index contributed by atoms with van der Waals surface area (Å²) >= 11 is 0.747. The molecule has 0 fully saturated rings. The zero-order valence-electron chi connectivity index (χ0n) is 12.0. The minimum Gasteiger partial charge on any atom is -0.320 e. The molecule has 1 aromatic rings. The molecule has 0 aliphatic rings. The molecule has 0 spiro atoms. The van der Waals surface area contributed by atoms with Crippen LogP contribution in [0, 0.1) is 0 Å². The van der Waals surface area contributed by atoms with Gasteiger partial charge in [-0.3, -0.25) is 4.79 Å². The number of rotatable bonds is 10. The van der Waals surface area contributed by atoms with E-state index in [2.05, 4.69) is 20.8 Å². The van der Waals surface area contributed by atoms with Crippen molar-refractivity contribution in [2.24, 2.45) is 5.14 Å². The molecule has 21 heavy (non-hydrogen) atoms. The van der Waals surface area contributed by atoms with Gasteiger partial charge in [0.25, 0.3) is 10.0 Å². The van der Waals surface area contributed by atoms with Crippen LogP contribution in [-0.2, 0) is 14.8 Å². The fourth-order valence-corrected chi connectivity index (χ4v) is 3.02. The number of anilines is 1. The number of sulfonamides is 1. The number of nitrogens with zero attached hydrogens (tertiary/aromatic N) is 2. The van der Waals surface area contributed by atoms with Gasteiger partial charge in [-0.1, -0.05) is 30.6 Å². The van der Waals surface area contributed by atoms with E-state index in [1.807, 2.05) is 7.05 Å². The van der Waals surface area contributed by atoms with Crippen LogP contribution in [0.2, 0.25) is 0 Å². The third-order valence-corrected chi connectivity index (χ3v) is 4.88. The highest BCUT2D eigenvalue weighted by atomic mass is 32.2.